The van der Waals surface area contributed by atoms with Crippen molar-refractivity contribution in [2.24, 2.45) is 0 Å². The Bertz CT molecular complexity index is 885. The lowest BCUT2D eigenvalue weighted by Crippen LogP contribution is -2.29. The molecule has 0 spiro atoms. The van der Waals surface area contributed by atoms with E-state index in [1.54, 1.807) is 14.2 Å². The van der Waals surface area contributed by atoms with E-state index in [4.69, 9.17) is 9.47 Å². The maximum absolute atomic E-state index is 13.1. The molecule has 3 rings (SSSR count). The van der Waals surface area contributed by atoms with Crippen molar-refractivity contribution in [3.05, 3.63) is 46.3 Å². The van der Waals surface area contributed by atoms with Crippen molar-refractivity contribution >= 4 is 11.7 Å². The highest BCUT2D eigenvalue weighted by Crippen LogP contribution is 2.36. The second kappa shape index (κ2) is 7.47. The first kappa shape index (κ1) is 19.0. The van der Waals surface area contributed by atoms with Crippen LogP contribution in [0.5, 0.6) is 11.5 Å². The van der Waals surface area contributed by atoms with Crippen molar-refractivity contribution in [2.75, 3.05) is 27.3 Å². The molecule has 1 fully saturated rings. The van der Waals surface area contributed by atoms with Crippen LogP contribution in [0.1, 0.15) is 56.9 Å². The first-order valence-corrected chi connectivity index (χ1v) is 9.08. The summed E-state index contributed by atoms with van der Waals surface area (Å²) >= 11 is 0. The Kier molecular flexibility index (Phi) is 5.26. The topological polar surface area (TPSA) is 71.6 Å². The van der Waals surface area contributed by atoms with Gasteiger partial charge in [-0.05, 0) is 44.0 Å². The normalized spacial score (nSPS) is 16.5. The van der Waals surface area contributed by atoms with Crippen molar-refractivity contribution in [3.63, 3.8) is 0 Å². The molecule has 1 saturated heterocycles. The number of aromatic nitrogens is 1. The molecule has 2 aromatic rings. The molecule has 144 valence electrons. The minimum absolute atomic E-state index is 0.0295. The van der Waals surface area contributed by atoms with E-state index in [-0.39, 0.29) is 17.6 Å². The molecule has 0 aliphatic carbocycles. The lowest BCUT2D eigenvalue weighted by atomic mass is 9.97. The van der Waals surface area contributed by atoms with Crippen molar-refractivity contribution in [1.82, 2.24) is 9.88 Å². The maximum atomic E-state index is 13.1. The number of hydrogen-bond donors (Lipinski definition) is 1. The Labute approximate surface area is 159 Å². The molecule has 1 atom stereocenters. The highest BCUT2D eigenvalue weighted by molar-refractivity contribution is 6.02. The van der Waals surface area contributed by atoms with E-state index in [1.807, 2.05) is 36.9 Å². The number of nitrogens with zero attached hydrogens (tertiary/aromatic N) is 1. The third-order valence-electron chi connectivity index (χ3n) is 5.36. The summed E-state index contributed by atoms with van der Waals surface area (Å²) in [7, 11) is 3.29. The number of aryl methyl sites for hydroxylation is 1. The number of carbonyl (C=O) groups is 2. The number of likely N-dealkylation sites (tertiary alicyclic amines) is 1. The van der Waals surface area contributed by atoms with Crippen molar-refractivity contribution in [1.29, 1.82) is 0 Å². The highest BCUT2D eigenvalue weighted by atomic mass is 16.5. The second-order valence-corrected chi connectivity index (χ2v) is 7.03. The summed E-state index contributed by atoms with van der Waals surface area (Å²) in [5, 5.41) is 0. The van der Waals surface area contributed by atoms with Crippen molar-refractivity contribution < 1.29 is 19.1 Å². The van der Waals surface area contributed by atoms with Crippen LogP contribution in [-0.4, -0.2) is 48.9 Å². The Morgan fingerprint density at radius 1 is 1.19 bits per heavy atom. The Hall–Kier alpha value is -2.76. The predicted molar refractivity (Wildman–Crippen MR) is 103 cm³/mol. The van der Waals surface area contributed by atoms with Crippen LogP contribution in [-0.2, 0) is 0 Å². The molecular formula is C21H26N2O4. The molecule has 0 bridgehead atoms. The Balaban J connectivity index is 1.85. The van der Waals surface area contributed by atoms with Crippen molar-refractivity contribution in [2.45, 2.75) is 33.1 Å². The quantitative estimate of drug-likeness (QED) is 0.818. The van der Waals surface area contributed by atoms with Gasteiger partial charge in [0.15, 0.2) is 5.78 Å². The molecular weight excluding hydrogens is 344 g/mol. The Morgan fingerprint density at radius 2 is 1.93 bits per heavy atom. The molecule has 2 heterocycles. The third-order valence-corrected chi connectivity index (χ3v) is 5.36. The molecule has 6 nitrogen and oxygen atoms in total. The van der Waals surface area contributed by atoms with E-state index in [2.05, 4.69) is 4.98 Å². The molecule has 0 saturated carbocycles. The van der Waals surface area contributed by atoms with E-state index >= 15 is 0 Å². The summed E-state index contributed by atoms with van der Waals surface area (Å²) in [6.45, 7) is 6.45. The fraction of sp³-hybridized carbons (Fsp3) is 0.429. The van der Waals surface area contributed by atoms with Crippen LogP contribution in [0.25, 0.3) is 0 Å². The van der Waals surface area contributed by atoms with Gasteiger partial charge in [0, 0.05) is 37.2 Å². The van der Waals surface area contributed by atoms with Crippen LogP contribution in [0.2, 0.25) is 0 Å². The number of H-pyrrole nitrogens is 1. The zero-order valence-electron chi connectivity index (χ0n) is 16.5. The number of benzene rings is 1. The second-order valence-electron chi connectivity index (χ2n) is 7.03. The van der Waals surface area contributed by atoms with Gasteiger partial charge in [-0.15, -0.1) is 0 Å². The number of Topliss-reactive ketones (excluding diaryl/α,β-unsaturated/α-hetero) is 1. The molecule has 1 aliphatic rings. The largest absolute Gasteiger partial charge is 0.497 e. The van der Waals surface area contributed by atoms with E-state index in [0.29, 0.717) is 24.3 Å². The van der Waals surface area contributed by atoms with Gasteiger partial charge in [0.2, 0.25) is 0 Å². The molecule has 0 unspecified atom stereocenters. The minimum atomic E-state index is -0.0601. The number of amides is 1. The number of methoxy groups -OCH3 is 2. The summed E-state index contributed by atoms with van der Waals surface area (Å²) in [5.41, 5.74) is 3.65. The van der Waals surface area contributed by atoms with Gasteiger partial charge < -0.3 is 19.4 Å². The van der Waals surface area contributed by atoms with Gasteiger partial charge in [-0.25, -0.2) is 0 Å². The average Bonchev–Trinajstić information content (AvgIpc) is 3.25. The van der Waals surface area contributed by atoms with Gasteiger partial charge in [0.25, 0.3) is 5.91 Å². The van der Waals surface area contributed by atoms with Gasteiger partial charge in [-0.3, -0.25) is 9.59 Å². The zero-order chi connectivity index (χ0) is 19.7. The lowest BCUT2D eigenvalue weighted by Gasteiger charge is -2.19. The first-order chi connectivity index (χ1) is 12.9. The fourth-order valence-electron chi connectivity index (χ4n) is 3.94. The summed E-state index contributed by atoms with van der Waals surface area (Å²) in [5.74, 6) is 1.68. The molecule has 1 N–H and O–H groups in total. The van der Waals surface area contributed by atoms with Crippen LogP contribution in [0.3, 0.4) is 0 Å². The average molecular weight is 370 g/mol. The standard InChI is InChI=1S/C21H26N2O4/c1-12-19(13(2)22-20(12)14(3)24)21(25)23-9-8-15(11-23)17-10-16(26-4)6-7-18(17)27-5/h6-7,10,15,22H,8-9,11H2,1-5H3/t15-/m0/s1. The molecule has 1 aliphatic heterocycles. The third kappa shape index (κ3) is 3.44. The number of rotatable bonds is 5. The van der Waals surface area contributed by atoms with E-state index in [9.17, 15) is 9.59 Å². The number of ketones is 1. The molecule has 6 heteroatoms. The van der Waals surface area contributed by atoms with Crippen LogP contribution in [0, 0.1) is 13.8 Å². The number of carbonyl (C=O) groups excluding carboxylic acids is 2. The van der Waals surface area contributed by atoms with Gasteiger partial charge in [0.1, 0.15) is 11.5 Å². The maximum Gasteiger partial charge on any atom is 0.255 e. The van der Waals surface area contributed by atoms with Crippen LogP contribution < -0.4 is 9.47 Å². The number of aromatic amines is 1. The SMILES string of the molecule is COc1ccc(OC)c([C@H]2CCN(C(=O)c3c(C)[nH]c(C(C)=O)c3C)C2)c1. The summed E-state index contributed by atoms with van der Waals surface area (Å²) in [6.07, 6.45) is 0.858. The molecule has 27 heavy (non-hydrogen) atoms. The van der Waals surface area contributed by atoms with Crippen molar-refractivity contribution in [3.8, 4) is 11.5 Å². The van der Waals surface area contributed by atoms with E-state index in [1.165, 1.54) is 6.92 Å². The van der Waals surface area contributed by atoms with Crippen LogP contribution in [0.4, 0.5) is 0 Å². The number of nitrogens with one attached hydrogen (secondary N) is 1. The number of hydrogen-bond acceptors (Lipinski definition) is 4. The summed E-state index contributed by atoms with van der Waals surface area (Å²) in [4.78, 5) is 29.8. The van der Waals surface area contributed by atoms with Gasteiger partial charge in [0.05, 0.1) is 25.5 Å². The Morgan fingerprint density at radius 3 is 2.52 bits per heavy atom. The lowest BCUT2D eigenvalue weighted by molar-refractivity contribution is 0.0789. The highest BCUT2D eigenvalue weighted by Gasteiger charge is 2.32. The van der Waals surface area contributed by atoms with Gasteiger partial charge in [-0.2, -0.15) is 0 Å². The van der Waals surface area contributed by atoms with Crippen LogP contribution >= 0.6 is 0 Å². The fourth-order valence-corrected chi connectivity index (χ4v) is 3.94. The molecule has 1 aromatic heterocycles. The van der Waals surface area contributed by atoms with E-state index in [0.717, 1.165) is 34.7 Å². The minimum Gasteiger partial charge on any atom is -0.497 e. The van der Waals surface area contributed by atoms with Gasteiger partial charge in [-0.1, -0.05) is 0 Å². The number of ether oxygens (including phenoxy) is 2. The zero-order valence-corrected chi connectivity index (χ0v) is 16.5. The first-order valence-electron chi connectivity index (χ1n) is 9.08. The molecule has 0 radical (unpaired) electrons. The van der Waals surface area contributed by atoms with E-state index < -0.39 is 0 Å². The molecule has 1 amide bonds. The monoisotopic (exact) mass is 370 g/mol. The predicted octanol–water partition coefficient (Wildman–Crippen LogP) is 3.48. The smallest absolute Gasteiger partial charge is 0.255 e. The van der Waals surface area contributed by atoms with Crippen LogP contribution in [0.15, 0.2) is 18.2 Å². The summed E-state index contributed by atoms with van der Waals surface area (Å²) in [6, 6.07) is 5.76. The molecule has 1 aromatic carbocycles. The van der Waals surface area contributed by atoms with Gasteiger partial charge >= 0.3 is 0 Å². The summed E-state index contributed by atoms with van der Waals surface area (Å²) < 4.78 is 10.8.